The van der Waals surface area contributed by atoms with Gasteiger partial charge in [0.15, 0.2) is 0 Å². The molecule has 0 aliphatic carbocycles. The maximum atomic E-state index is 3.09. The number of hydrogen-bond acceptors (Lipinski definition) is 1. The third kappa shape index (κ3) is 18.7. The minimum absolute atomic E-state index is 1.24. The first kappa shape index (κ1) is 26.0. The van der Waals surface area contributed by atoms with E-state index in [1.54, 1.807) is 11.3 Å². The number of hydrogen-bond donors (Lipinski definition) is 0. The van der Waals surface area contributed by atoms with Crippen molar-refractivity contribution in [2.45, 2.75) is 116 Å². The van der Waals surface area contributed by atoms with Crippen LogP contribution >= 0.6 is 11.3 Å². The van der Waals surface area contributed by atoms with Gasteiger partial charge in [-0.1, -0.05) is 134 Å². The first-order chi connectivity index (χ1) is 14.4. The van der Waals surface area contributed by atoms with Crippen LogP contribution in [-0.4, -0.2) is 0 Å². The summed E-state index contributed by atoms with van der Waals surface area (Å²) in [7, 11) is 0. The molecule has 0 nitrogen and oxygen atoms in total. The van der Waals surface area contributed by atoms with Gasteiger partial charge in [0.05, 0.1) is 0 Å². The molecule has 0 atom stereocenters. The lowest BCUT2D eigenvalue weighted by molar-refractivity contribution is 0.529. The summed E-state index contributed by atoms with van der Waals surface area (Å²) in [5.74, 6) is 0. The molecule has 29 heavy (non-hydrogen) atoms. The number of thiophene rings is 1. The Morgan fingerprint density at radius 2 is 1.10 bits per heavy atom. The van der Waals surface area contributed by atoms with Crippen LogP contribution in [0.2, 0.25) is 0 Å². The van der Waals surface area contributed by atoms with Crippen molar-refractivity contribution >= 4 is 11.3 Å². The lowest BCUT2D eigenvalue weighted by atomic mass is 10.0. The summed E-state index contributed by atoms with van der Waals surface area (Å²) in [6.45, 7) is 2.30. The fourth-order valence-corrected chi connectivity index (χ4v) is 4.05. The minimum Gasteiger partial charge on any atom is -0.143 e. The molecule has 2 aromatic rings. The molecule has 0 unspecified atom stereocenters. The van der Waals surface area contributed by atoms with Crippen LogP contribution in [0.25, 0.3) is 0 Å². The van der Waals surface area contributed by atoms with Gasteiger partial charge in [-0.15, -0.1) is 11.3 Å². The lowest BCUT2D eigenvalue weighted by Gasteiger charge is -2.04. The molecular weight excluding hydrogens is 368 g/mol. The summed E-state index contributed by atoms with van der Waals surface area (Å²) < 4.78 is 0. The molecule has 2 rings (SSSR count). The van der Waals surface area contributed by atoms with E-state index < -0.39 is 0 Å². The first-order valence-electron chi connectivity index (χ1n) is 12.3. The molecule has 0 bridgehead atoms. The second-order valence-electron chi connectivity index (χ2n) is 8.19. The summed E-state index contributed by atoms with van der Waals surface area (Å²) in [5.41, 5.74) is 1.47. The van der Waals surface area contributed by atoms with Gasteiger partial charge in [-0.3, -0.25) is 0 Å². The number of aryl methyl sites for hydroxylation is 1. The van der Waals surface area contributed by atoms with Gasteiger partial charge in [-0.05, 0) is 35.9 Å². The zero-order valence-electron chi connectivity index (χ0n) is 19.0. The Kier molecular flexibility index (Phi) is 19.4. The third-order valence-corrected chi connectivity index (χ3v) is 6.05. The van der Waals surface area contributed by atoms with E-state index in [2.05, 4.69) is 30.5 Å². The molecule has 0 fully saturated rings. The van der Waals surface area contributed by atoms with Crippen LogP contribution in [0.15, 0.2) is 41.8 Å². The Bertz CT molecular complexity index is 485. The smallest absolute Gasteiger partial charge is 0.0442 e. The van der Waals surface area contributed by atoms with Gasteiger partial charge in [0.1, 0.15) is 0 Å². The first-order valence-corrected chi connectivity index (χ1v) is 13.2. The normalized spacial score (nSPS) is 10.5. The van der Waals surface area contributed by atoms with Crippen molar-refractivity contribution in [3.63, 3.8) is 0 Å². The van der Waals surface area contributed by atoms with E-state index in [9.17, 15) is 0 Å². The van der Waals surface area contributed by atoms with Gasteiger partial charge in [0.25, 0.3) is 0 Å². The Morgan fingerprint density at radius 1 is 0.621 bits per heavy atom. The molecular formula is C28H44S. The molecule has 2 radical (unpaired) electrons. The van der Waals surface area contributed by atoms with Gasteiger partial charge in [-0.25, -0.2) is 0 Å². The SMILES string of the molecule is CCCCCCCCCCCCCCCCCCc1cc[c]cc1.[c]1cccs1. The second kappa shape index (κ2) is 21.6. The van der Waals surface area contributed by atoms with E-state index in [0.29, 0.717) is 0 Å². The zero-order chi connectivity index (χ0) is 20.7. The van der Waals surface area contributed by atoms with Crippen molar-refractivity contribution in [3.05, 3.63) is 58.8 Å². The number of unbranched alkanes of at least 4 members (excludes halogenated alkanes) is 15. The highest BCUT2D eigenvalue weighted by molar-refractivity contribution is 7.07. The monoisotopic (exact) mass is 412 g/mol. The van der Waals surface area contributed by atoms with Crippen molar-refractivity contribution in [1.82, 2.24) is 0 Å². The molecule has 0 saturated carbocycles. The van der Waals surface area contributed by atoms with Gasteiger partial charge < -0.3 is 0 Å². The molecule has 0 aliphatic heterocycles. The topological polar surface area (TPSA) is 0 Å². The van der Waals surface area contributed by atoms with Crippen molar-refractivity contribution in [2.24, 2.45) is 0 Å². The molecule has 0 spiro atoms. The molecule has 0 saturated heterocycles. The molecule has 1 aromatic heterocycles. The van der Waals surface area contributed by atoms with Crippen LogP contribution in [0.3, 0.4) is 0 Å². The van der Waals surface area contributed by atoms with Crippen molar-refractivity contribution < 1.29 is 0 Å². The maximum absolute atomic E-state index is 3.09. The highest BCUT2D eigenvalue weighted by Crippen LogP contribution is 2.14. The molecule has 0 amide bonds. The van der Waals surface area contributed by atoms with E-state index in [-0.39, 0.29) is 0 Å². The van der Waals surface area contributed by atoms with Crippen LogP contribution in [0, 0.1) is 11.4 Å². The van der Waals surface area contributed by atoms with Gasteiger partial charge in [0, 0.05) is 5.38 Å². The highest BCUT2D eigenvalue weighted by Gasteiger charge is 1.95. The van der Waals surface area contributed by atoms with E-state index in [4.69, 9.17) is 0 Å². The van der Waals surface area contributed by atoms with Crippen LogP contribution < -0.4 is 0 Å². The average molecular weight is 413 g/mol. The standard InChI is InChI=1S/C24H41.C4H3S/c1-2-3-4-5-6-7-8-9-10-11-12-13-14-15-16-18-21-24-22-19-17-20-23-24;1-2-4-5-3-1/h19-20,22-23H,2-16,18,21H2,1H3;1-3H. The highest BCUT2D eigenvalue weighted by atomic mass is 32.1. The molecule has 0 N–H and O–H groups in total. The second-order valence-corrected chi connectivity index (χ2v) is 8.94. The molecule has 0 aliphatic rings. The van der Waals surface area contributed by atoms with E-state index in [0.717, 1.165) is 0 Å². The quantitative estimate of drug-likeness (QED) is 0.227. The number of rotatable bonds is 17. The average Bonchev–Trinajstić information content (AvgIpc) is 3.34. The van der Waals surface area contributed by atoms with Gasteiger partial charge in [0.2, 0.25) is 0 Å². The fraction of sp³-hybridized carbons (Fsp3) is 0.643. The van der Waals surface area contributed by atoms with Gasteiger partial charge in [-0.2, -0.15) is 0 Å². The fourth-order valence-electron chi connectivity index (χ4n) is 3.66. The van der Waals surface area contributed by atoms with Crippen molar-refractivity contribution in [3.8, 4) is 0 Å². The minimum atomic E-state index is 1.24. The predicted octanol–water partition coefficient (Wildman–Crippen LogP) is 9.84. The Hall–Kier alpha value is -1.08. The summed E-state index contributed by atoms with van der Waals surface area (Å²) in [4.78, 5) is 0. The summed E-state index contributed by atoms with van der Waals surface area (Å²) >= 11 is 1.59. The Balaban J connectivity index is 0.000000726. The van der Waals surface area contributed by atoms with Crippen LogP contribution in [0.1, 0.15) is 115 Å². The summed E-state index contributed by atoms with van der Waals surface area (Å²) in [6, 6.07) is 15.4. The van der Waals surface area contributed by atoms with Gasteiger partial charge >= 0.3 is 0 Å². The summed E-state index contributed by atoms with van der Waals surface area (Å²) in [6.07, 6.45) is 24.4. The van der Waals surface area contributed by atoms with Crippen LogP contribution in [-0.2, 0) is 6.42 Å². The lowest BCUT2D eigenvalue weighted by Crippen LogP contribution is -1.86. The van der Waals surface area contributed by atoms with Crippen molar-refractivity contribution in [1.29, 1.82) is 0 Å². The molecule has 162 valence electrons. The largest absolute Gasteiger partial charge is 0.143 e. The third-order valence-electron chi connectivity index (χ3n) is 5.49. The Labute approximate surface area is 186 Å². The molecule has 1 heterocycles. The molecule has 1 heteroatoms. The van der Waals surface area contributed by atoms with E-state index >= 15 is 0 Å². The summed E-state index contributed by atoms with van der Waals surface area (Å²) in [5, 5.41) is 4.89. The van der Waals surface area contributed by atoms with Crippen LogP contribution in [0.4, 0.5) is 0 Å². The van der Waals surface area contributed by atoms with E-state index in [1.165, 1.54) is 115 Å². The molecule has 1 aromatic carbocycles. The zero-order valence-corrected chi connectivity index (χ0v) is 19.8. The van der Waals surface area contributed by atoms with Crippen molar-refractivity contribution in [2.75, 3.05) is 0 Å². The predicted molar refractivity (Wildman–Crippen MR) is 132 cm³/mol. The van der Waals surface area contributed by atoms with Crippen LogP contribution in [0.5, 0.6) is 0 Å². The van der Waals surface area contributed by atoms with E-state index in [1.807, 2.05) is 29.6 Å². The number of benzene rings is 1. The maximum Gasteiger partial charge on any atom is 0.0442 e. The Morgan fingerprint density at radius 3 is 1.48 bits per heavy atom.